The molecule has 1 aliphatic rings. The Morgan fingerprint density at radius 1 is 1.53 bits per heavy atom. The highest BCUT2D eigenvalue weighted by Gasteiger charge is 2.21. The summed E-state index contributed by atoms with van der Waals surface area (Å²) in [5.41, 5.74) is 10.5. The van der Waals surface area contributed by atoms with Crippen molar-refractivity contribution in [1.29, 1.82) is 0 Å². The zero-order chi connectivity index (χ0) is 10.8. The lowest BCUT2D eigenvalue weighted by Gasteiger charge is -2.20. The van der Waals surface area contributed by atoms with Crippen LogP contribution in [-0.2, 0) is 6.42 Å². The van der Waals surface area contributed by atoms with Crippen molar-refractivity contribution >= 4 is 34.6 Å². The topological polar surface area (TPSA) is 29.3 Å². The second-order valence-electron chi connectivity index (χ2n) is 3.58. The number of hydrogen-bond acceptors (Lipinski definition) is 2. The van der Waals surface area contributed by atoms with Crippen molar-refractivity contribution < 1.29 is 0 Å². The van der Waals surface area contributed by atoms with E-state index in [0.717, 1.165) is 24.3 Å². The lowest BCUT2D eigenvalue weighted by Crippen LogP contribution is -2.22. The fraction of sp³-hybridized carbons (Fsp3) is 0.273. The van der Waals surface area contributed by atoms with Gasteiger partial charge in [-0.25, -0.2) is 0 Å². The largest absolute Gasteiger partial charge is 0.397 e. The molecule has 2 N–H and O–H groups in total. The lowest BCUT2D eigenvalue weighted by atomic mass is 10.1. The average Bonchev–Trinajstić information content (AvgIpc) is 2.63. The van der Waals surface area contributed by atoms with Crippen molar-refractivity contribution in [3.63, 3.8) is 0 Å². The van der Waals surface area contributed by atoms with E-state index in [2.05, 4.69) is 11.0 Å². The number of nitrogen functional groups attached to an aromatic ring is 1. The fourth-order valence-corrected chi connectivity index (χ4v) is 2.15. The Morgan fingerprint density at radius 3 is 3.07 bits per heavy atom. The van der Waals surface area contributed by atoms with E-state index in [1.165, 1.54) is 11.1 Å². The maximum Gasteiger partial charge on any atom is 0.0636 e. The molecule has 0 aliphatic carbocycles. The summed E-state index contributed by atoms with van der Waals surface area (Å²) in [6.07, 6.45) is 1.02. The Kier molecular flexibility index (Phi) is 3.08. The van der Waals surface area contributed by atoms with E-state index >= 15 is 0 Å². The van der Waals surface area contributed by atoms with Gasteiger partial charge < -0.3 is 10.6 Å². The van der Waals surface area contributed by atoms with Crippen molar-refractivity contribution in [1.82, 2.24) is 0 Å². The van der Waals surface area contributed by atoms with Crippen LogP contribution >= 0.6 is 23.2 Å². The van der Waals surface area contributed by atoms with Crippen LogP contribution < -0.4 is 10.6 Å². The number of para-hydroxylation sites is 1. The van der Waals surface area contributed by atoms with Crippen molar-refractivity contribution in [2.75, 3.05) is 23.7 Å². The van der Waals surface area contributed by atoms with E-state index in [4.69, 9.17) is 28.9 Å². The van der Waals surface area contributed by atoms with Gasteiger partial charge in [0, 0.05) is 17.1 Å². The van der Waals surface area contributed by atoms with Gasteiger partial charge in [-0.05, 0) is 18.1 Å². The van der Waals surface area contributed by atoms with Gasteiger partial charge in [0.25, 0.3) is 0 Å². The second kappa shape index (κ2) is 4.33. The number of rotatable bonds is 2. The summed E-state index contributed by atoms with van der Waals surface area (Å²) in [7, 11) is 0. The van der Waals surface area contributed by atoms with E-state index in [9.17, 15) is 0 Å². The first-order chi connectivity index (χ1) is 7.22. The first kappa shape index (κ1) is 10.7. The predicted octanol–water partition coefficient (Wildman–Crippen LogP) is 2.95. The van der Waals surface area contributed by atoms with Crippen LogP contribution in [-0.4, -0.2) is 13.1 Å². The molecule has 2 nitrogen and oxygen atoms in total. The minimum absolute atomic E-state index is 0.631. The van der Waals surface area contributed by atoms with Crippen molar-refractivity contribution in [2.24, 2.45) is 0 Å². The number of nitrogens with zero attached hydrogens (tertiary/aromatic N) is 1. The van der Waals surface area contributed by atoms with E-state index in [1.807, 2.05) is 12.1 Å². The summed E-state index contributed by atoms with van der Waals surface area (Å²) < 4.78 is 0. The molecule has 1 aromatic rings. The Labute approximate surface area is 99.3 Å². The Bertz CT molecular complexity index is 402. The Hall–Kier alpha value is -0.860. The van der Waals surface area contributed by atoms with Gasteiger partial charge in [-0.3, -0.25) is 0 Å². The monoisotopic (exact) mass is 242 g/mol. The minimum Gasteiger partial charge on any atom is -0.397 e. The van der Waals surface area contributed by atoms with E-state index in [0.29, 0.717) is 11.6 Å². The third kappa shape index (κ3) is 2.06. The molecule has 0 radical (unpaired) electrons. The molecular formula is C11H12Cl2N2. The van der Waals surface area contributed by atoms with Gasteiger partial charge in [-0.1, -0.05) is 35.3 Å². The zero-order valence-corrected chi connectivity index (χ0v) is 9.72. The van der Waals surface area contributed by atoms with Crippen LogP contribution in [0, 0.1) is 0 Å². The number of fused-ring (bicyclic) bond motifs is 1. The normalized spacial score (nSPS) is 15.6. The first-order valence-electron chi connectivity index (χ1n) is 4.79. The highest BCUT2D eigenvalue weighted by molar-refractivity contribution is 6.36. The van der Waals surface area contributed by atoms with E-state index in [-0.39, 0.29) is 0 Å². The number of benzene rings is 1. The van der Waals surface area contributed by atoms with Crippen molar-refractivity contribution in [3.8, 4) is 0 Å². The molecule has 0 saturated heterocycles. The van der Waals surface area contributed by atoms with E-state index < -0.39 is 0 Å². The van der Waals surface area contributed by atoms with Crippen LogP contribution in [0.25, 0.3) is 0 Å². The number of anilines is 2. The first-order valence-corrected chi connectivity index (χ1v) is 5.61. The summed E-state index contributed by atoms with van der Waals surface area (Å²) in [6, 6.07) is 6.00. The number of hydrogen-bond donors (Lipinski definition) is 1. The van der Waals surface area contributed by atoms with Gasteiger partial charge in [0.2, 0.25) is 0 Å². The molecule has 1 aliphatic heterocycles. The molecule has 0 atom stereocenters. The van der Waals surface area contributed by atoms with Crippen molar-refractivity contribution in [2.45, 2.75) is 6.42 Å². The summed E-state index contributed by atoms with van der Waals surface area (Å²) in [5, 5.41) is 0.632. The summed E-state index contributed by atoms with van der Waals surface area (Å²) >= 11 is 11.5. The quantitative estimate of drug-likeness (QED) is 0.809. The molecule has 1 heterocycles. The predicted molar refractivity (Wildman–Crippen MR) is 66.6 cm³/mol. The smallest absolute Gasteiger partial charge is 0.0636 e. The molecule has 0 aromatic heterocycles. The number of nitrogens with two attached hydrogens (primary N) is 1. The van der Waals surface area contributed by atoms with E-state index in [1.54, 1.807) is 0 Å². The summed E-state index contributed by atoms with van der Waals surface area (Å²) in [5.74, 6) is 0. The van der Waals surface area contributed by atoms with Gasteiger partial charge in [0.05, 0.1) is 17.9 Å². The lowest BCUT2D eigenvalue weighted by molar-refractivity contribution is 0.899. The highest BCUT2D eigenvalue weighted by Crippen LogP contribution is 2.34. The van der Waals surface area contributed by atoms with Crippen molar-refractivity contribution in [3.05, 3.63) is 34.3 Å². The molecule has 0 fully saturated rings. The van der Waals surface area contributed by atoms with Crippen LogP contribution in [0.3, 0.4) is 0 Å². The van der Waals surface area contributed by atoms with Crippen LogP contribution in [0.4, 0.5) is 11.4 Å². The standard InChI is InChI=1S/C11H12Cl2N2/c12-6-9(13)7-15-5-4-8-2-1-3-10(14)11(8)15/h1-3,6H,4-5,7,14H2/b9-6-. The SMILES string of the molecule is Nc1cccc2c1N(C/C(Cl)=C/Cl)CC2. The zero-order valence-electron chi connectivity index (χ0n) is 8.21. The minimum atomic E-state index is 0.631. The van der Waals surface area contributed by atoms with Gasteiger partial charge >= 0.3 is 0 Å². The van der Waals surface area contributed by atoms with Gasteiger partial charge in [-0.2, -0.15) is 0 Å². The molecule has 0 unspecified atom stereocenters. The van der Waals surface area contributed by atoms with Crippen LogP contribution in [0.2, 0.25) is 0 Å². The van der Waals surface area contributed by atoms with Gasteiger partial charge in [-0.15, -0.1) is 0 Å². The molecule has 1 aromatic carbocycles. The Balaban J connectivity index is 2.28. The summed E-state index contributed by atoms with van der Waals surface area (Å²) in [4.78, 5) is 2.16. The molecule has 80 valence electrons. The molecule has 0 spiro atoms. The van der Waals surface area contributed by atoms with Gasteiger partial charge in [0.1, 0.15) is 0 Å². The molecule has 4 heteroatoms. The molecule has 2 rings (SSSR count). The molecular weight excluding hydrogens is 231 g/mol. The van der Waals surface area contributed by atoms with Crippen LogP contribution in [0.15, 0.2) is 28.8 Å². The molecule has 0 bridgehead atoms. The maximum absolute atomic E-state index is 5.94. The second-order valence-corrected chi connectivity index (χ2v) is 4.29. The Morgan fingerprint density at radius 2 is 2.33 bits per heavy atom. The van der Waals surface area contributed by atoms with Crippen LogP contribution in [0.5, 0.6) is 0 Å². The molecule has 0 amide bonds. The summed E-state index contributed by atoms with van der Waals surface area (Å²) in [6.45, 7) is 1.58. The van der Waals surface area contributed by atoms with Gasteiger partial charge in [0.15, 0.2) is 0 Å². The highest BCUT2D eigenvalue weighted by atomic mass is 35.5. The average molecular weight is 243 g/mol. The van der Waals surface area contributed by atoms with Crippen LogP contribution in [0.1, 0.15) is 5.56 Å². The number of halogens is 2. The molecule has 0 saturated carbocycles. The fourth-order valence-electron chi connectivity index (χ4n) is 1.94. The third-order valence-electron chi connectivity index (χ3n) is 2.58. The maximum atomic E-state index is 5.94. The molecule has 15 heavy (non-hydrogen) atoms. The third-order valence-corrected chi connectivity index (χ3v) is 3.18.